The van der Waals surface area contributed by atoms with E-state index in [1.165, 1.54) is 6.07 Å². The molecule has 2 N–H and O–H groups in total. The molecule has 0 aliphatic carbocycles. The molecule has 0 amide bonds. The van der Waals surface area contributed by atoms with Crippen LogP contribution in [-0.4, -0.2) is 49.5 Å². The van der Waals surface area contributed by atoms with Gasteiger partial charge >= 0.3 is 5.97 Å². The molecule has 1 heterocycles. The Balaban J connectivity index is 2.45. The van der Waals surface area contributed by atoms with Crippen molar-refractivity contribution in [2.75, 3.05) is 19.6 Å². The van der Waals surface area contributed by atoms with Crippen LogP contribution in [0.2, 0.25) is 0 Å². The standard InChI is InChI=1S/C12H15BrN2O4S/c1-8-2-3-11(9(13)6-8)20(18,19)15-5-4-14-7-10(15)12(16)17/h2-3,6,10,14H,4-5,7H2,1H3,(H,16,17). The van der Waals surface area contributed by atoms with Crippen molar-refractivity contribution < 1.29 is 18.3 Å². The maximum absolute atomic E-state index is 12.6. The second-order valence-corrected chi connectivity index (χ2v) is 7.32. The van der Waals surface area contributed by atoms with Crippen molar-refractivity contribution in [3.8, 4) is 0 Å². The van der Waals surface area contributed by atoms with Crippen LogP contribution < -0.4 is 5.32 Å². The van der Waals surface area contributed by atoms with Gasteiger partial charge in [-0.1, -0.05) is 6.07 Å². The fourth-order valence-corrected chi connectivity index (χ4v) is 4.86. The molecule has 0 radical (unpaired) electrons. The molecular formula is C12H15BrN2O4S. The summed E-state index contributed by atoms with van der Waals surface area (Å²) >= 11 is 3.24. The summed E-state index contributed by atoms with van der Waals surface area (Å²) in [5.41, 5.74) is 0.922. The summed E-state index contributed by atoms with van der Waals surface area (Å²) in [5.74, 6) is -1.15. The fourth-order valence-electron chi connectivity index (χ4n) is 2.13. The molecule has 8 heteroatoms. The Bertz CT molecular complexity index is 632. The molecule has 2 rings (SSSR count). The first-order valence-corrected chi connectivity index (χ1v) is 8.29. The van der Waals surface area contributed by atoms with E-state index in [1.807, 2.05) is 6.92 Å². The Morgan fingerprint density at radius 3 is 2.80 bits per heavy atom. The van der Waals surface area contributed by atoms with E-state index >= 15 is 0 Å². The van der Waals surface area contributed by atoms with Crippen molar-refractivity contribution in [2.24, 2.45) is 0 Å². The predicted molar refractivity (Wildman–Crippen MR) is 77.1 cm³/mol. The number of carbonyl (C=O) groups is 1. The molecule has 0 aromatic heterocycles. The first-order valence-electron chi connectivity index (χ1n) is 6.05. The van der Waals surface area contributed by atoms with E-state index in [0.29, 0.717) is 11.0 Å². The van der Waals surface area contributed by atoms with Crippen molar-refractivity contribution in [1.82, 2.24) is 9.62 Å². The number of halogens is 1. The van der Waals surface area contributed by atoms with Crippen LogP contribution in [0.4, 0.5) is 0 Å². The highest BCUT2D eigenvalue weighted by molar-refractivity contribution is 9.10. The van der Waals surface area contributed by atoms with E-state index in [0.717, 1.165) is 9.87 Å². The molecule has 1 aromatic carbocycles. The lowest BCUT2D eigenvalue weighted by atomic mass is 10.2. The van der Waals surface area contributed by atoms with Crippen molar-refractivity contribution in [3.05, 3.63) is 28.2 Å². The highest BCUT2D eigenvalue weighted by Crippen LogP contribution is 2.27. The SMILES string of the molecule is Cc1ccc(S(=O)(=O)N2CCNCC2C(=O)O)c(Br)c1. The minimum absolute atomic E-state index is 0.0938. The third-order valence-corrected chi connectivity index (χ3v) is 6.04. The van der Waals surface area contributed by atoms with Crippen LogP contribution in [0.25, 0.3) is 0 Å². The van der Waals surface area contributed by atoms with Gasteiger partial charge in [0, 0.05) is 24.1 Å². The molecule has 1 fully saturated rings. The lowest BCUT2D eigenvalue weighted by Gasteiger charge is -2.32. The molecule has 1 aliphatic heterocycles. The van der Waals surface area contributed by atoms with Gasteiger partial charge in [-0.15, -0.1) is 0 Å². The van der Waals surface area contributed by atoms with Gasteiger partial charge in [0.25, 0.3) is 0 Å². The van der Waals surface area contributed by atoms with E-state index < -0.39 is 22.0 Å². The van der Waals surface area contributed by atoms with Gasteiger partial charge in [0.2, 0.25) is 10.0 Å². The number of carboxylic acid groups (broad SMARTS) is 1. The van der Waals surface area contributed by atoms with E-state index in [2.05, 4.69) is 21.2 Å². The second kappa shape index (κ2) is 5.80. The topological polar surface area (TPSA) is 86.7 Å². The van der Waals surface area contributed by atoms with Gasteiger partial charge in [-0.25, -0.2) is 8.42 Å². The summed E-state index contributed by atoms with van der Waals surface area (Å²) in [6.07, 6.45) is 0. The Morgan fingerprint density at radius 2 is 2.20 bits per heavy atom. The minimum atomic E-state index is -3.84. The molecule has 1 unspecified atom stereocenters. The molecule has 110 valence electrons. The van der Waals surface area contributed by atoms with Crippen LogP contribution in [0.15, 0.2) is 27.6 Å². The summed E-state index contributed by atoms with van der Waals surface area (Å²) < 4.78 is 26.8. The van der Waals surface area contributed by atoms with Gasteiger partial charge in [-0.3, -0.25) is 4.79 Å². The van der Waals surface area contributed by atoms with Crippen molar-refractivity contribution in [3.63, 3.8) is 0 Å². The predicted octanol–water partition coefficient (Wildman–Crippen LogP) is 0.805. The average Bonchev–Trinajstić information content (AvgIpc) is 2.38. The van der Waals surface area contributed by atoms with Crippen molar-refractivity contribution in [2.45, 2.75) is 17.9 Å². The number of aliphatic carboxylic acids is 1. The van der Waals surface area contributed by atoms with E-state index in [4.69, 9.17) is 0 Å². The Morgan fingerprint density at radius 1 is 1.50 bits per heavy atom. The maximum Gasteiger partial charge on any atom is 0.323 e. The lowest BCUT2D eigenvalue weighted by molar-refractivity contribution is -0.141. The van der Waals surface area contributed by atoms with Gasteiger partial charge in [0.05, 0.1) is 4.90 Å². The van der Waals surface area contributed by atoms with E-state index in [1.54, 1.807) is 12.1 Å². The number of nitrogens with zero attached hydrogens (tertiary/aromatic N) is 1. The van der Waals surface area contributed by atoms with Crippen molar-refractivity contribution in [1.29, 1.82) is 0 Å². The number of rotatable bonds is 3. The number of aryl methyl sites for hydroxylation is 1. The summed E-state index contributed by atoms with van der Waals surface area (Å²) in [6.45, 7) is 2.54. The molecule has 0 saturated carbocycles. The third-order valence-electron chi connectivity index (χ3n) is 3.15. The van der Waals surface area contributed by atoms with Crippen molar-refractivity contribution >= 4 is 31.9 Å². The Kier molecular flexibility index (Phi) is 4.48. The molecule has 20 heavy (non-hydrogen) atoms. The number of hydrogen-bond acceptors (Lipinski definition) is 4. The third kappa shape index (κ3) is 2.88. The summed E-state index contributed by atoms with van der Waals surface area (Å²) in [6, 6.07) is 3.80. The highest BCUT2D eigenvalue weighted by atomic mass is 79.9. The maximum atomic E-state index is 12.6. The number of benzene rings is 1. The molecule has 1 saturated heterocycles. The number of piperazine rings is 1. The first-order chi connectivity index (χ1) is 9.34. The summed E-state index contributed by atoms with van der Waals surface area (Å²) in [4.78, 5) is 11.3. The zero-order valence-corrected chi connectivity index (χ0v) is 13.2. The largest absolute Gasteiger partial charge is 0.480 e. The van der Waals surface area contributed by atoms with Gasteiger partial charge in [0.15, 0.2) is 0 Å². The average molecular weight is 363 g/mol. The minimum Gasteiger partial charge on any atom is -0.480 e. The molecule has 0 bridgehead atoms. The number of carboxylic acids is 1. The van der Waals surface area contributed by atoms with Crippen LogP contribution in [0.3, 0.4) is 0 Å². The summed E-state index contributed by atoms with van der Waals surface area (Å²) in [7, 11) is -3.84. The monoisotopic (exact) mass is 362 g/mol. The number of nitrogens with one attached hydrogen (secondary N) is 1. The summed E-state index contributed by atoms with van der Waals surface area (Å²) in [5, 5.41) is 12.1. The Labute approximate surface area is 126 Å². The molecule has 1 aliphatic rings. The molecule has 0 spiro atoms. The van der Waals surface area contributed by atoms with Crippen LogP contribution in [0, 0.1) is 6.92 Å². The van der Waals surface area contributed by atoms with Crippen LogP contribution in [-0.2, 0) is 14.8 Å². The van der Waals surface area contributed by atoms with E-state index in [-0.39, 0.29) is 18.0 Å². The quantitative estimate of drug-likeness (QED) is 0.830. The van der Waals surface area contributed by atoms with Crippen LogP contribution in [0.5, 0.6) is 0 Å². The van der Waals surface area contributed by atoms with Crippen LogP contribution in [0.1, 0.15) is 5.56 Å². The number of hydrogen-bond donors (Lipinski definition) is 2. The molecule has 6 nitrogen and oxygen atoms in total. The van der Waals surface area contributed by atoms with Gasteiger partial charge in [-0.05, 0) is 40.5 Å². The Hall–Kier alpha value is -0.960. The zero-order chi connectivity index (χ0) is 14.9. The second-order valence-electron chi connectivity index (χ2n) is 4.61. The zero-order valence-electron chi connectivity index (χ0n) is 10.8. The molecule has 1 atom stereocenters. The highest BCUT2D eigenvalue weighted by Gasteiger charge is 2.38. The van der Waals surface area contributed by atoms with Gasteiger partial charge < -0.3 is 10.4 Å². The van der Waals surface area contributed by atoms with E-state index in [9.17, 15) is 18.3 Å². The fraction of sp³-hybridized carbons (Fsp3) is 0.417. The van der Waals surface area contributed by atoms with Gasteiger partial charge in [-0.2, -0.15) is 4.31 Å². The smallest absolute Gasteiger partial charge is 0.323 e. The normalized spacial score (nSPS) is 20.8. The van der Waals surface area contributed by atoms with Gasteiger partial charge in [0.1, 0.15) is 6.04 Å². The first kappa shape index (κ1) is 15.4. The molecule has 1 aromatic rings. The molecular weight excluding hydrogens is 348 g/mol. The lowest BCUT2D eigenvalue weighted by Crippen LogP contribution is -2.56. The van der Waals surface area contributed by atoms with Crippen LogP contribution >= 0.6 is 15.9 Å². The number of sulfonamides is 1.